The third-order valence-corrected chi connectivity index (χ3v) is 18.1. The van der Waals surface area contributed by atoms with Crippen molar-refractivity contribution in [2.24, 2.45) is 0 Å². The zero-order valence-corrected chi connectivity index (χ0v) is 58.9. The first-order chi connectivity index (χ1) is 42.0. The largest absolute Gasteiger partial charge is 0.756 e. The van der Waals surface area contributed by atoms with Crippen LogP contribution in [0.5, 0.6) is 0 Å². The lowest BCUT2D eigenvalue weighted by Crippen LogP contribution is -2.37. The lowest BCUT2D eigenvalue weighted by molar-refractivity contribution is -0.870. The number of phosphoric ester groups is 1. The summed E-state index contributed by atoms with van der Waals surface area (Å²) in [7, 11) is 1.19. The second-order valence-corrected chi connectivity index (χ2v) is 28.4. The molecule has 0 saturated heterocycles. The predicted octanol–water partition coefficient (Wildman–Crippen LogP) is 24.0. The van der Waals surface area contributed by atoms with Gasteiger partial charge in [-0.05, 0) is 70.6 Å². The van der Waals surface area contributed by atoms with Crippen molar-refractivity contribution in [3.63, 3.8) is 0 Å². The molecule has 0 radical (unpaired) electrons. The van der Waals surface area contributed by atoms with E-state index in [1.54, 1.807) is 0 Å². The lowest BCUT2D eigenvalue weighted by atomic mass is 10.0. The van der Waals surface area contributed by atoms with E-state index in [2.05, 4.69) is 50.3 Å². The van der Waals surface area contributed by atoms with E-state index >= 15 is 0 Å². The Morgan fingerprint density at radius 1 is 0.360 bits per heavy atom. The SMILES string of the molecule is CCCCCCC/C=C\C/C=C\CCCCCCCCCCCCCCCCCCCCCCCCCCCCCCCC(=O)OC(COC(=O)CCCCCCCCCCC/C=C\CCCCCCCCCC)COP(=O)([O-])OCC[N+](C)(C)C. The molecule has 0 rings (SSSR count). The summed E-state index contributed by atoms with van der Waals surface area (Å²) in [6.07, 6.45) is 86.9. The van der Waals surface area contributed by atoms with Gasteiger partial charge in [0.15, 0.2) is 6.10 Å². The maximum atomic E-state index is 12.9. The van der Waals surface area contributed by atoms with Crippen molar-refractivity contribution >= 4 is 19.8 Å². The minimum absolute atomic E-state index is 0.0281. The standard InChI is InChI=1S/C76H146NO8P/c1-6-8-10-12-14-16-18-20-22-24-26-28-29-30-31-32-33-34-35-36-37-38-39-40-41-42-43-44-45-46-47-49-51-53-55-57-59-61-63-65-67-69-76(79)85-74(73-84-86(80,81)83-71-70-77(3,4)5)72-82-75(78)68-66-64-62-60-58-56-54-52-50-48-27-25-23-21-19-17-15-13-11-9-7-2/h18,20,24-27,74H,6-17,19,21-23,28-73H2,1-5H3/b20-18-,26-24-,27-25-. The molecule has 9 nitrogen and oxygen atoms in total. The molecule has 0 fully saturated rings. The molecule has 0 bridgehead atoms. The number of esters is 2. The number of hydrogen-bond acceptors (Lipinski definition) is 8. The van der Waals surface area contributed by atoms with E-state index in [0.29, 0.717) is 17.4 Å². The molecule has 0 aromatic heterocycles. The van der Waals surface area contributed by atoms with Gasteiger partial charge >= 0.3 is 11.9 Å². The van der Waals surface area contributed by atoms with Crippen molar-refractivity contribution in [2.75, 3.05) is 47.5 Å². The first kappa shape index (κ1) is 84.2. The van der Waals surface area contributed by atoms with Crippen LogP contribution in [0.4, 0.5) is 0 Å². The van der Waals surface area contributed by atoms with Crippen LogP contribution in [0.2, 0.25) is 0 Å². The average molecular weight is 1230 g/mol. The van der Waals surface area contributed by atoms with Gasteiger partial charge in [-0.3, -0.25) is 14.2 Å². The molecule has 0 N–H and O–H groups in total. The number of allylic oxidation sites excluding steroid dienone is 6. The van der Waals surface area contributed by atoms with E-state index in [4.69, 9.17) is 18.5 Å². The van der Waals surface area contributed by atoms with Crippen molar-refractivity contribution in [1.29, 1.82) is 0 Å². The molecule has 86 heavy (non-hydrogen) atoms. The number of phosphoric acid groups is 1. The van der Waals surface area contributed by atoms with E-state index in [1.807, 2.05) is 21.1 Å². The Balaban J connectivity index is 3.87. The van der Waals surface area contributed by atoms with E-state index in [0.717, 1.165) is 38.5 Å². The summed E-state index contributed by atoms with van der Waals surface area (Å²) < 4.78 is 34.3. The highest BCUT2D eigenvalue weighted by molar-refractivity contribution is 7.45. The van der Waals surface area contributed by atoms with Gasteiger partial charge in [-0.2, -0.15) is 0 Å². The number of carbonyl (C=O) groups is 2. The van der Waals surface area contributed by atoms with Crippen molar-refractivity contribution < 1.29 is 42.1 Å². The van der Waals surface area contributed by atoms with Gasteiger partial charge in [0.25, 0.3) is 7.82 Å². The highest BCUT2D eigenvalue weighted by atomic mass is 31.2. The van der Waals surface area contributed by atoms with Crippen molar-refractivity contribution in [2.45, 2.75) is 392 Å². The van der Waals surface area contributed by atoms with Crippen LogP contribution in [0.25, 0.3) is 0 Å². The van der Waals surface area contributed by atoms with Crippen LogP contribution in [0.15, 0.2) is 36.5 Å². The van der Waals surface area contributed by atoms with Crippen LogP contribution >= 0.6 is 7.82 Å². The Morgan fingerprint density at radius 3 is 0.930 bits per heavy atom. The Morgan fingerprint density at radius 2 is 0.628 bits per heavy atom. The molecule has 10 heteroatoms. The van der Waals surface area contributed by atoms with Crippen LogP contribution < -0.4 is 4.89 Å². The van der Waals surface area contributed by atoms with Gasteiger partial charge < -0.3 is 27.9 Å². The van der Waals surface area contributed by atoms with Gasteiger partial charge in [0.2, 0.25) is 0 Å². The average Bonchev–Trinajstić information content (AvgIpc) is 3.70. The Kier molecular flexibility index (Phi) is 66.2. The van der Waals surface area contributed by atoms with Crippen LogP contribution in [-0.2, 0) is 32.7 Å². The highest BCUT2D eigenvalue weighted by Crippen LogP contribution is 2.38. The van der Waals surface area contributed by atoms with Gasteiger partial charge in [0.05, 0.1) is 27.7 Å². The van der Waals surface area contributed by atoms with Gasteiger partial charge in [0.1, 0.15) is 19.8 Å². The predicted molar refractivity (Wildman–Crippen MR) is 370 cm³/mol. The number of unbranched alkanes of at least 4 members (excludes halogenated alkanes) is 51. The zero-order chi connectivity index (χ0) is 62.6. The fourth-order valence-corrected chi connectivity index (χ4v) is 12.1. The number of quaternary nitrogens is 1. The third-order valence-electron chi connectivity index (χ3n) is 17.1. The number of rotatable bonds is 71. The molecular formula is C76H146NO8P. The number of ether oxygens (including phenoxy) is 2. The minimum Gasteiger partial charge on any atom is -0.756 e. The second-order valence-electron chi connectivity index (χ2n) is 27.0. The molecule has 0 heterocycles. The molecular weight excluding hydrogens is 1090 g/mol. The van der Waals surface area contributed by atoms with E-state index in [-0.39, 0.29) is 32.0 Å². The van der Waals surface area contributed by atoms with Gasteiger partial charge in [-0.25, -0.2) is 0 Å². The van der Waals surface area contributed by atoms with Crippen LogP contribution in [0, 0.1) is 0 Å². The fourth-order valence-electron chi connectivity index (χ4n) is 11.3. The Labute approximate surface area is 535 Å². The molecule has 0 aliphatic heterocycles. The number of nitrogens with zero attached hydrogens (tertiary/aromatic N) is 1. The molecule has 2 unspecified atom stereocenters. The Hall–Kier alpha value is -1.77. The van der Waals surface area contributed by atoms with Crippen molar-refractivity contribution in [1.82, 2.24) is 0 Å². The number of carbonyl (C=O) groups excluding carboxylic acids is 2. The number of hydrogen-bond donors (Lipinski definition) is 0. The molecule has 0 aromatic carbocycles. The molecule has 0 amide bonds. The quantitative estimate of drug-likeness (QED) is 0.0195. The molecule has 0 aromatic rings. The van der Waals surface area contributed by atoms with E-state index in [1.165, 1.54) is 315 Å². The monoisotopic (exact) mass is 1230 g/mol. The van der Waals surface area contributed by atoms with Gasteiger partial charge in [0, 0.05) is 12.8 Å². The summed E-state index contributed by atoms with van der Waals surface area (Å²) >= 11 is 0. The van der Waals surface area contributed by atoms with Crippen LogP contribution in [-0.4, -0.2) is 70.0 Å². The topological polar surface area (TPSA) is 111 Å². The fraction of sp³-hybridized carbons (Fsp3) is 0.895. The van der Waals surface area contributed by atoms with Crippen molar-refractivity contribution in [3.8, 4) is 0 Å². The first-order valence-corrected chi connectivity index (χ1v) is 39.2. The molecule has 2 atom stereocenters. The Bertz CT molecular complexity index is 1540. The molecule has 0 saturated carbocycles. The molecule has 508 valence electrons. The van der Waals surface area contributed by atoms with Crippen LogP contribution in [0.3, 0.4) is 0 Å². The van der Waals surface area contributed by atoms with Crippen molar-refractivity contribution in [3.05, 3.63) is 36.5 Å². The maximum absolute atomic E-state index is 12.9. The van der Waals surface area contributed by atoms with Crippen LogP contribution in [0.1, 0.15) is 386 Å². The highest BCUT2D eigenvalue weighted by Gasteiger charge is 2.22. The van der Waals surface area contributed by atoms with E-state index < -0.39 is 26.5 Å². The summed E-state index contributed by atoms with van der Waals surface area (Å²) in [6.45, 7) is 4.29. The number of likely N-dealkylation sites (N-methyl/N-ethyl adjacent to an activating group) is 1. The lowest BCUT2D eigenvalue weighted by Gasteiger charge is -2.28. The summed E-state index contributed by atoms with van der Waals surface area (Å²) in [6, 6.07) is 0. The van der Waals surface area contributed by atoms with E-state index in [9.17, 15) is 19.0 Å². The van der Waals surface area contributed by atoms with Gasteiger partial charge in [-0.15, -0.1) is 0 Å². The first-order valence-electron chi connectivity index (χ1n) is 37.7. The second kappa shape index (κ2) is 67.6. The van der Waals surface area contributed by atoms with Gasteiger partial charge in [-0.1, -0.05) is 339 Å². The normalized spacial score (nSPS) is 13.2. The zero-order valence-electron chi connectivity index (χ0n) is 58.0. The summed E-state index contributed by atoms with van der Waals surface area (Å²) in [5.41, 5.74) is 0. The smallest absolute Gasteiger partial charge is 0.306 e. The summed E-state index contributed by atoms with van der Waals surface area (Å²) in [5.74, 6) is -0.814. The minimum atomic E-state index is -4.64. The molecule has 0 spiro atoms. The third kappa shape index (κ3) is 71.3. The maximum Gasteiger partial charge on any atom is 0.306 e. The molecule has 0 aliphatic rings. The summed E-state index contributed by atoms with van der Waals surface area (Å²) in [4.78, 5) is 38.1. The summed E-state index contributed by atoms with van der Waals surface area (Å²) in [5, 5.41) is 0. The molecule has 0 aliphatic carbocycles.